The number of thioether (sulfide) groups is 1. The van der Waals surface area contributed by atoms with Crippen molar-refractivity contribution in [3.8, 4) is 0 Å². The van der Waals surface area contributed by atoms with Crippen LogP contribution in [0.4, 0.5) is 4.79 Å². The molecule has 0 aliphatic heterocycles. The predicted octanol–water partition coefficient (Wildman–Crippen LogP) is 3.72. The van der Waals surface area contributed by atoms with E-state index < -0.39 is 23.7 Å². The van der Waals surface area contributed by atoms with Crippen LogP contribution in [0.15, 0.2) is 15.9 Å². The van der Waals surface area contributed by atoms with Gasteiger partial charge in [-0.25, -0.2) is 9.59 Å². The first kappa shape index (κ1) is 18.3. The first-order valence-corrected chi connectivity index (χ1v) is 9.03. The van der Waals surface area contributed by atoms with E-state index in [2.05, 4.69) is 21.2 Å². The molecule has 1 amide bonds. The number of amides is 1. The molecule has 0 aliphatic rings. The minimum Gasteiger partial charge on any atom is -0.480 e. The Morgan fingerprint density at radius 1 is 1.52 bits per heavy atom. The summed E-state index contributed by atoms with van der Waals surface area (Å²) in [4.78, 5) is 23.9. The van der Waals surface area contributed by atoms with Gasteiger partial charge in [0.15, 0.2) is 0 Å². The third kappa shape index (κ3) is 7.19. The van der Waals surface area contributed by atoms with E-state index in [0.717, 1.165) is 9.35 Å². The van der Waals surface area contributed by atoms with Gasteiger partial charge in [-0.15, -0.1) is 11.3 Å². The lowest BCUT2D eigenvalue weighted by Gasteiger charge is -2.21. The second-order valence-corrected chi connectivity index (χ2v) is 8.13. The Bertz CT molecular complexity index is 499. The standard InChI is InChI=1S/C13H18BrNO4S2/c1-13(2,3)19-12(18)15-9(11(16)17)6-20-7-10-8(14)4-5-21-10/h4-5,9H,6-7H2,1-3H3,(H,15,18)(H,16,17). The van der Waals surface area contributed by atoms with Crippen molar-refractivity contribution in [2.45, 2.75) is 38.2 Å². The average Bonchev–Trinajstić information content (AvgIpc) is 2.71. The van der Waals surface area contributed by atoms with Crippen LogP contribution in [0.5, 0.6) is 0 Å². The first-order valence-electron chi connectivity index (χ1n) is 6.21. The highest BCUT2D eigenvalue weighted by atomic mass is 79.9. The van der Waals surface area contributed by atoms with Crippen molar-refractivity contribution >= 4 is 51.1 Å². The van der Waals surface area contributed by atoms with Crippen molar-refractivity contribution in [3.63, 3.8) is 0 Å². The molecule has 1 aromatic rings. The van der Waals surface area contributed by atoms with E-state index in [1.165, 1.54) is 11.8 Å². The number of hydrogen-bond acceptors (Lipinski definition) is 5. The van der Waals surface area contributed by atoms with Gasteiger partial charge >= 0.3 is 12.1 Å². The van der Waals surface area contributed by atoms with Crippen molar-refractivity contribution in [1.29, 1.82) is 0 Å². The molecule has 1 atom stereocenters. The minimum atomic E-state index is -1.07. The third-order valence-corrected chi connectivity index (χ3v) is 5.37. The fraction of sp³-hybridized carbons (Fsp3) is 0.538. The molecule has 0 aromatic carbocycles. The van der Waals surface area contributed by atoms with Gasteiger partial charge in [0.05, 0.1) is 0 Å². The van der Waals surface area contributed by atoms with Crippen LogP contribution in [0.1, 0.15) is 25.6 Å². The highest BCUT2D eigenvalue weighted by molar-refractivity contribution is 9.10. The summed E-state index contributed by atoms with van der Waals surface area (Å²) >= 11 is 6.48. The number of carboxylic acid groups (broad SMARTS) is 1. The number of nitrogens with one attached hydrogen (secondary N) is 1. The highest BCUT2D eigenvalue weighted by Gasteiger charge is 2.23. The number of hydrogen-bond donors (Lipinski definition) is 2. The van der Waals surface area contributed by atoms with Crippen LogP contribution >= 0.6 is 39.0 Å². The Kier molecular flexibility index (Phi) is 7.02. The summed E-state index contributed by atoms with van der Waals surface area (Å²) in [5.74, 6) is -0.102. The lowest BCUT2D eigenvalue weighted by molar-refractivity contribution is -0.138. The van der Waals surface area contributed by atoms with Crippen molar-refractivity contribution in [1.82, 2.24) is 5.32 Å². The second kappa shape index (κ2) is 8.05. The number of carbonyl (C=O) groups excluding carboxylic acids is 1. The fourth-order valence-corrected chi connectivity index (χ4v) is 4.23. The first-order chi connectivity index (χ1) is 9.69. The summed E-state index contributed by atoms with van der Waals surface area (Å²) in [6, 6.07) is 0.984. The zero-order valence-corrected chi connectivity index (χ0v) is 15.2. The van der Waals surface area contributed by atoms with Gasteiger partial charge in [0.25, 0.3) is 0 Å². The minimum absolute atomic E-state index is 0.277. The van der Waals surface area contributed by atoms with Crippen LogP contribution in [0, 0.1) is 0 Å². The monoisotopic (exact) mass is 395 g/mol. The second-order valence-electron chi connectivity index (χ2n) is 5.24. The van der Waals surface area contributed by atoms with Crippen molar-refractivity contribution in [3.05, 3.63) is 20.8 Å². The van der Waals surface area contributed by atoms with E-state index in [-0.39, 0.29) is 5.75 Å². The van der Waals surface area contributed by atoms with Gasteiger partial charge in [-0.2, -0.15) is 11.8 Å². The molecular formula is C13H18BrNO4S2. The van der Waals surface area contributed by atoms with Gasteiger partial charge < -0.3 is 15.2 Å². The van der Waals surface area contributed by atoms with Crippen LogP contribution in [0.2, 0.25) is 0 Å². The number of aliphatic carboxylic acids is 1. The summed E-state index contributed by atoms with van der Waals surface area (Å²) in [5.41, 5.74) is -0.651. The highest BCUT2D eigenvalue weighted by Crippen LogP contribution is 2.27. The Morgan fingerprint density at radius 2 is 2.19 bits per heavy atom. The molecule has 1 rings (SSSR count). The molecule has 0 bridgehead atoms. The van der Waals surface area contributed by atoms with E-state index in [4.69, 9.17) is 9.84 Å². The van der Waals surface area contributed by atoms with E-state index in [0.29, 0.717) is 5.75 Å². The number of carboxylic acids is 1. The zero-order valence-electron chi connectivity index (χ0n) is 12.0. The number of thiophene rings is 1. The topological polar surface area (TPSA) is 75.6 Å². The molecule has 5 nitrogen and oxygen atoms in total. The summed E-state index contributed by atoms with van der Waals surface area (Å²) in [5, 5.41) is 13.5. The fourth-order valence-electron chi connectivity index (χ4n) is 1.32. The number of alkyl carbamates (subject to hydrolysis) is 1. The molecule has 1 unspecified atom stereocenters. The zero-order chi connectivity index (χ0) is 16.0. The Balaban J connectivity index is 2.45. The average molecular weight is 396 g/mol. The SMILES string of the molecule is CC(C)(C)OC(=O)NC(CSCc1sccc1Br)C(=O)O. The van der Waals surface area contributed by atoms with Gasteiger partial charge in [0, 0.05) is 20.9 Å². The van der Waals surface area contributed by atoms with E-state index >= 15 is 0 Å². The van der Waals surface area contributed by atoms with Crippen molar-refractivity contribution < 1.29 is 19.4 Å². The maximum absolute atomic E-state index is 11.6. The van der Waals surface area contributed by atoms with Gasteiger partial charge in [0.1, 0.15) is 11.6 Å². The maximum atomic E-state index is 11.6. The number of ether oxygens (including phenoxy) is 1. The van der Waals surface area contributed by atoms with Gasteiger partial charge in [-0.1, -0.05) is 0 Å². The van der Waals surface area contributed by atoms with Crippen LogP contribution in [-0.2, 0) is 15.3 Å². The maximum Gasteiger partial charge on any atom is 0.408 e. The molecule has 21 heavy (non-hydrogen) atoms. The van der Waals surface area contributed by atoms with Crippen LogP contribution in [0.3, 0.4) is 0 Å². The molecule has 2 N–H and O–H groups in total. The normalized spacial score (nSPS) is 12.8. The van der Waals surface area contributed by atoms with Crippen LogP contribution in [-0.4, -0.2) is 34.6 Å². The molecule has 0 spiro atoms. The summed E-state index contributed by atoms with van der Waals surface area (Å²) in [6.07, 6.45) is -0.715. The third-order valence-electron chi connectivity index (χ3n) is 2.20. The summed E-state index contributed by atoms with van der Waals surface area (Å²) < 4.78 is 6.08. The van der Waals surface area contributed by atoms with Crippen molar-refractivity contribution in [2.75, 3.05) is 5.75 Å². The van der Waals surface area contributed by atoms with Gasteiger partial charge in [0.2, 0.25) is 0 Å². The van der Waals surface area contributed by atoms with Crippen LogP contribution in [0.25, 0.3) is 0 Å². The number of halogens is 1. The molecule has 8 heteroatoms. The molecule has 1 heterocycles. The van der Waals surface area contributed by atoms with Crippen LogP contribution < -0.4 is 5.32 Å². The number of carbonyl (C=O) groups is 2. The molecular weight excluding hydrogens is 378 g/mol. The Morgan fingerprint density at radius 3 is 2.67 bits per heavy atom. The molecule has 0 aliphatic carbocycles. The lowest BCUT2D eigenvalue weighted by atomic mass is 10.2. The molecule has 0 saturated carbocycles. The van der Waals surface area contributed by atoms with E-state index in [9.17, 15) is 9.59 Å². The van der Waals surface area contributed by atoms with E-state index in [1.54, 1.807) is 32.1 Å². The molecule has 0 radical (unpaired) electrons. The quantitative estimate of drug-likeness (QED) is 0.767. The molecule has 0 fully saturated rings. The summed E-state index contributed by atoms with van der Waals surface area (Å²) in [7, 11) is 0. The largest absolute Gasteiger partial charge is 0.480 e. The number of rotatable bonds is 6. The smallest absolute Gasteiger partial charge is 0.408 e. The molecule has 0 saturated heterocycles. The van der Waals surface area contributed by atoms with Crippen molar-refractivity contribution in [2.24, 2.45) is 0 Å². The predicted molar refractivity (Wildman–Crippen MR) is 89.0 cm³/mol. The van der Waals surface area contributed by atoms with Gasteiger partial charge in [-0.3, -0.25) is 0 Å². The summed E-state index contributed by atoms with van der Waals surface area (Å²) in [6.45, 7) is 5.18. The Hall–Kier alpha value is -0.730. The molecule has 118 valence electrons. The van der Waals surface area contributed by atoms with Gasteiger partial charge in [-0.05, 0) is 48.1 Å². The molecule has 1 aromatic heterocycles. The lowest BCUT2D eigenvalue weighted by Crippen LogP contribution is -2.44. The van der Waals surface area contributed by atoms with E-state index in [1.807, 2.05) is 11.4 Å². The Labute approximate surface area is 140 Å².